The van der Waals surface area contributed by atoms with Crippen LogP contribution in [0.5, 0.6) is 0 Å². The van der Waals surface area contributed by atoms with E-state index in [0.717, 1.165) is 0 Å². The third kappa shape index (κ3) is 2.42. The van der Waals surface area contributed by atoms with E-state index in [4.69, 9.17) is 22.4 Å². The number of aliphatic hydroxyl groups excluding tert-OH is 1. The molecule has 0 aliphatic carbocycles. The van der Waals surface area contributed by atoms with E-state index in [9.17, 15) is 8.42 Å². The number of halogens is 1. The summed E-state index contributed by atoms with van der Waals surface area (Å²) in [6.45, 7) is 1.15. The number of aliphatic hydroxyl groups is 1. The van der Waals surface area contributed by atoms with E-state index in [1.807, 2.05) is 0 Å². The predicted octanol–water partition coefficient (Wildman–Crippen LogP) is 0.997. The largest absolute Gasteiger partial charge is 0.398 e. The zero-order chi connectivity index (χ0) is 11.6. The Hall–Kier alpha value is -0.780. The Morgan fingerprint density at radius 3 is 2.60 bits per heavy atom. The molecule has 15 heavy (non-hydrogen) atoms. The number of rotatable bonds is 3. The number of benzene rings is 1. The van der Waals surface area contributed by atoms with Crippen molar-refractivity contribution in [1.29, 1.82) is 0 Å². The highest BCUT2D eigenvalue weighted by Gasteiger charge is 2.21. The van der Waals surface area contributed by atoms with E-state index < -0.39 is 16.4 Å². The summed E-state index contributed by atoms with van der Waals surface area (Å²) in [4.78, 5) is 0.0122. The highest BCUT2D eigenvalue weighted by Crippen LogP contribution is 2.29. The first-order valence-corrected chi connectivity index (χ1v) is 6.31. The van der Waals surface area contributed by atoms with Crippen LogP contribution in [0.3, 0.4) is 0 Å². The van der Waals surface area contributed by atoms with E-state index in [1.54, 1.807) is 13.0 Å². The Bertz CT molecular complexity index is 470. The highest BCUT2D eigenvalue weighted by molar-refractivity contribution is 7.91. The number of nitrogen functional groups attached to an aromatic ring is 1. The van der Waals surface area contributed by atoms with Gasteiger partial charge in [-0.2, -0.15) is 0 Å². The lowest BCUT2D eigenvalue weighted by Gasteiger charge is -2.10. The van der Waals surface area contributed by atoms with Crippen LogP contribution in [0.15, 0.2) is 17.0 Å². The zero-order valence-electron chi connectivity index (χ0n) is 8.20. The first-order chi connectivity index (χ1) is 6.90. The molecule has 3 N–H and O–H groups in total. The van der Waals surface area contributed by atoms with Crippen molar-refractivity contribution < 1.29 is 13.5 Å². The fourth-order valence-electron chi connectivity index (χ4n) is 1.28. The van der Waals surface area contributed by atoms with Crippen LogP contribution in [0, 0.1) is 6.92 Å². The molecule has 0 aromatic heterocycles. The van der Waals surface area contributed by atoms with Crippen molar-refractivity contribution in [3.05, 3.63) is 22.7 Å². The van der Waals surface area contributed by atoms with Gasteiger partial charge in [-0.15, -0.1) is 0 Å². The lowest BCUT2D eigenvalue weighted by atomic mass is 10.2. The average molecular weight is 250 g/mol. The minimum absolute atomic E-state index is 0.0122. The Balaban J connectivity index is 3.43. The van der Waals surface area contributed by atoms with Crippen LogP contribution in [0.25, 0.3) is 0 Å². The fraction of sp³-hybridized carbons (Fsp3) is 0.333. The molecule has 0 atom stereocenters. The minimum atomic E-state index is -3.56. The van der Waals surface area contributed by atoms with Crippen molar-refractivity contribution in [1.82, 2.24) is 0 Å². The SMILES string of the molecule is Cc1c(N)ccc(Cl)c1S(=O)(=O)CCO. The van der Waals surface area contributed by atoms with Crippen LogP contribution >= 0.6 is 11.6 Å². The van der Waals surface area contributed by atoms with Gasteiger partial charge in [-0.1, -0.05) is 11.6 Å². The lowest BCUT2D eigenvalue weighted by Crippen LogP contribution is -2.13. The summed E-state index contributed by atoms with van der Waals surface area (Å²) in [7, 11) is -3.56. The maximum atomic E-state index is 11.7. The Morgan fingerprint density at radius 2 is 2.07 bits per heavy atom. The van der Waals surface area contributed by atoms with Gasteiger partial charge in [0, 0.05) is 5.69 Å². The summed E-state index contributed by atoms with van der Waals surface area (Å²) in [6.07, 6.45) is 0. The van der Waals surface area contributed by atoms with E-state index >= 15 is 0 Å². The summed E-state index contributed by atoms with van der Waals surface area (Å²) < 4.78 is 23.5. The lowest BCUT2D eigenvalue weighted by molar-refractivity contribution is 0.319. The number of anilines is 1. The molecule has 0 saturated carbocycles. The standard InChI is InChI=1S/C9H12ClNO3S/c1-6-8(11)3-2-7(10)9(6)15(13,14)5-4-12/h2-3,12H,4-5,11H2,1H3. The van der Waals surface area contributed by atoms with Crippen molar-refractivity contribution in [2.45, 2.75) is 11.8 Å². The van der Waals surface area contributed by atoms with Crippen LogP contribution in [-0.4, -0.2) is 25.9 Å². The number of hydrogen-bond donors (Lipinski definition) is 2. The molecule has 0 radical (unpaired) electrons. The average Bonchev–Trinajstić information content (AvgIpc) is 2.11. The number of nitrogens with two attached hydrogens (primary N) is 1. The van der Waals surface area contributed by atoms with Crippen molar-refractivity contribution in [3.8, 4) is 0 Å². The third-order valence-corrected chi connectivity index (χ3v) is 4.37. The minimum Gasteiger partial charge on any atom is -0.398 e. The summed E-state index contributed by atoms with van der Waals surface area (Å²) in [5, 5.41) is 8.80. The van der Waals surface area contributed by atoms with Crippen LogP contribution in [0.2, 0.25) is 5.02 Å². The second-order valence-electron chi connectivity index (χ2n) is 3.13. The molecule has 4 nitrogen and oxygen atoms in total. The van der Waals surface area contributed by atoms with E-state index in [0.29, 0.717) is 11.3 Å². The Labute approximate surface area is 93.6 Å². The van der Waals surface area contributed by atoms with Gasteiger partial charge in [0.2, 0.25) is 0 Å². The van der Waals surface area contributed by atoms with E-state index in [2.05, 4.69) is 0 Å². The second-order valence-corrected chi connectivity index (χ2v) is 5.59. The summed E-state index contributed by atoms with van der Waals surface area (Å²) in [5.41, 5.74) is 6.39. The number of hydrogen-bond acceptors (Lipinski definition) is 4. The molecule has 0 saturated heterocycles. The molecule has 0 bridgehead atoms. The molecule has 1 aromatic rings. The Kier molecular flexibility index (Phi) is 3.59. The number of sulfone groups is 1. The summed E-state index contributed by atoms with van der Waals surface area (Å²) in [6, 6.07) is 2.99. The van der Waals surface area contributed by atoms with Crippen molar-refractivity contribution in [2.24, 2.45) is 0 Å². The molecule has 1 rings (SSSR count). The van der Waals surface area contributed by atoms with Crippen molar-refractivity contribution in [2.75, 3.05) is 18.1 Å². The molecule has 0 aliphatic heterocycles. The van der Waals surface area contributed by atoms with Gasteiger partial charge in [0.05, 0.1) is 22.3 Å². The normalized spacial score (nSPS) is 11.7. The maximum absolute atomic E-state index is 11.7. The van der Waals surface area contributed by atoms with Crippen LogP contribution in [0.4, 0.5) is 5.69 Å². The molecule has 84 valence electrons. The summed E-state index contributed by atoms with van der Waals surface area (Å²) in [5.74, 6) is -0.350. The Morgan fingerprint density at radius 1 is 1.47 bits per heavy atom. The van der Waals surface area contributed by atoms with E-state index in [-0.39, 0.29) is 15.7 Å². The monoisotopic (exact) mass is 249 g/mol. The third-order valence-electron chi connectivity index (χ3n) is 2.07. The van der Waals surface area contributed by atoms with Crippen LogP contribution in [-0.2, 0) is 9.84 Å². The molecule has 1 aromatic carbocycles. The van der Waals surface area contributed by atoms with Crippen LogP contribution in [0.1, 0.15) is 5.56 Å². The maximum Gasteiger partial charge on any atom is 0.182 e. The van der Waals surface area contributed by atoms with Crippen molar-refractivity contribution in [3.63, 3.8) is 0 Å². The molecule has 0 heterocycles. The second kappa shape index (κ2) is 4.38. The van der Waals surface area contributed by atoms with Gasteiger partial charge in [-0.25, -0.2) is 8.42 Å². The molecular formula is C9H12ClNO3S. The first kappa shape index (κ1) is 12.3. The molecule has 0 fully saturated rings. The van der Waals surface area contributed by atoms with Crippen molar-refractivity contribution >= 4 is 27.1 Å². The quantitative estimate of drug-likeness (QED) is 0.783. The topological polar surface area (TPSA) is 80.4 Å². The first-order valence-electron chi connectivity index (χ1n) is 4.28. The van der Waals surface area contributed by atoms with Gasteiger partial charge in [0.15, 0.2) is 9.84 Å². The van der Waals surface area contributed by atoms with Crippen LogP contribution < -0.4 is 5.73 Å². The van der Waals surface area contributed by atoms with E-state index in [1.165, 1.54) is 6.07 Å². The molecule has 0 amide bonds. The van der Waals surface area contributed by atoms with Gasteiger partial charge in [0.1, 0.15) is 0 Å². The molecule has 0 unspecified atom stereocenters. The smallest absolute Gasteiger partial charge is 0.182 e. The van der Waals surface area contributed by atoms with Gasteiger partial charge in [-0.3, -0.25) is 0 Å². The molecule has 0 aliphatic rings. The molecule has 0 spiro atoms. The van der Waals surface area contributed by atoms with Gasteiger partial charge in [0.25, 0.3) is 0 Å². The van der Waals surface area contributed by atoms with Gasteiger partial charge >= 0.3 is 0 Å². The van der Waals surface area contributed by atoms with Gasteiger partial charge in [-0.05, 0) is 24.6 Å². The molecule has 6 heteroatoms. The zero-order valence-corrected chi connectivity index (χ0v) is 9.77. The predicted molar refractivity (Wildman–Crippen MR) is 59.7 cm³/mol. The van der Waals surface area contributed by atoms with Gasteiger partial charge < -0.3 is 10.8 Å². The fourth-order valence-corrected chi connectivity index (χ4v) is 3.23. The molecular weight excluding hydrogens is 238 g/mol. The summed E-state index contributed by atoms with van der Waals surface area (Å²) >= 11 is 5.81. The highest BCUT2D eigenvalue weighted by atomic mass is 35.5.